The van der Waals surface area contributed by atoms with Gasteiger partial charge in [0.1, 0.15) is 5.75 Å². The second kappa shape index (κ2) is 7.46. The van der Waals surface area contributed by atoms with E-state index < -0.39 is 0 Å². The van der Waals surface area contributed by atoms with Crippen LogP contribution in [0.3, 0.4) is 0 Å². The topological polar surface area (TPSA) is 41.6 Å². The summed E-state index contributed by atoms with van der Waals surface area (Å²) in [5, 5.41) is 3.34. The minimum absolute atomic E-state index is 0.0235. The van der Waals surface area contributed by atoms with Crippen molar-refractivity contribution in [2.45, 2.75) is 32.2 Å². The number of methoxy groups -OCH3 is 1. The van der Waals surface area contributed by atoms with E-state index in [-0.39, 0.29) is 11.9 Å². The van der Waals surface area contributed by atoms with Crippen LogP contribution in [0.15, 0.2) is 24.3 Å². The lowest BCUT2D eigenvalue weighted by molar-refractivity contribution is -0.133. The van der Waals surface area contributed by atoms with E-state index in [1.54, 1.807) is 7.11 Å². The number of amides is 1. The van der Waals surface area contributed by atoms with E-state index in [0.717, 1.165) is 37.2 Å². The Kier molecular flexibility index (Phi) is 5.62. The van der Waals surface area contributed by atoms with Crippen molar-refractivity contribution in [3.63, 3.8) is 0 Å². The number of benzene rings is 1. The molecule has 4 heteroatoms. The van der Waals surface area contributed by atoms with Gasteiger partial charge in [0, 0.05) is 19.0 Å². The molecular weight excluding hydrogens is 264 g/mol. The third-order valence-electron chi connectivity index (χ3n) is 4.49. The number of nitrogens with one attached hydrogen (secondary N) is 1. The standard InChI is InChI=1S/C17H26N2O2/c1-13(15-6-4-5-7-16(15)21-3)19(2)17(20)12-14-8-10-18-11-9-14/h4-7,13-14,18H,8-12H2,1-3H3. The van der Waals surface area contributed by atoms with Gasteiger partial charge in [-0.05, 0) is 44.8 Å². The Hall–Kier alpha value is -1.55. The van der Waals surface area contributed by atoms with Crippen LogP contribution < -0.4 is 10.1 Å². The molecule has 0 aliphatic carbocycles. The van der Waals surface area contributed by atoms with E-state index in [9.17, 15) is 4.79 Å². The highest BCUT2D eigenvalue weighted by Gasteiger charge is 2.23. The zero-order valence-electron chi connectivity index (χ0n) is 13.3. The first-order valence-electron chi connectivity index (χ1n) is 7.72. The van der Waals surface area contributed by atoms with Gasteiger partial charge in [-0.2, -0.15) is 0 Å². The number of nitrogens with zero attached hydrogens (tertiary/aromatic N) is 1. The van der Waals surface area contributed by atoms with Crippen molar-refractivity contribution in [3.05, 3.63) is 29.8 Å². The molecule has 1 aromatic carbocycles. The summed E-state index contributed by atoms with van der Waals surface area (Å²) in [4.78, 5) is 14.3. The first-order chi connectivity index (χ1) is 10.1. The van der Waals surface area contributed by atoms with Gasteiger partial charge >= 0.3 is 0 Å². The monoisotopic (exact) mass is 290 g/mol. The number of para-hydroxylation sites is 1. The molecule has 1 aliphatic heterocycles. The van der Waals surface area contributed by atoms with Crippen molar-refractivity contribution in [2.24, 2.45) is 5.92 Å². The Morgan fingerprint density at radius 3 is 2.71 bits per heavy atom. The van der Waals surface area contributed by atoms with Crippen molar-refractivity contribution in [1.29, 1.82) is 0 Å². The molecule has 0 saturated carbocycles. The number of piperidine rings is 1. The van der Waals surface area contributed by atoms with Crippen LogP contribution in [0.4, 0.5) is 0 Å². The maximum atomic E-state index is 12.5. The van der Waals surface area contributed by atoms with Gasteiger partial charge in [-0.1, -0.05) is 18.2 Å². The highest BCUT2D eigenvalue weighted by atomic mass is 16.5. The van der Waals surface area contributed by atoms with Gasteiger partial charge in [0.15, 0.2) is 0 Å². The lowest BCUT2D eigenvalue weighted by Crippen LogP contribution is -2.34. The molecule has 1 saturated heterocycles. The van der Waals surface area contributed by atoms with Crippen LogP contribution in [0.5, 0.6) is 5.75 Å². The number of carbonyl (C=O) groups is 1. The quantitative estimate of drug-likeness (QED) is 0.906. The lowest BCUT2D eigenvalue weighted by Gasteiger charge is -2.29. The maximum Gasteiger partial charge on any atom is 0.223 e. The summed E-state index contributed by atoms with van der Waals surface area (Å²) in [7, 11) is 3.56. The molecule has 2 rings (SSSR count). The van der Waals surface area contributed by atoms with Crippen LogP contribution in [0.1, 0.15) is 37.8 Å². The smallest absolute Gasteiger partial charge is 0.223 e. The van der Waals surface area contributed by atoms with Crippen molar-refractivity contribution < 1.29 is 9.53 Å². The van der Waals surface area contributed by atoms with Crippen LogP contribution >= 0.6 is 0 Å². The number of carbonyl (C=O) groups excluding carboxylic acids is 1. The number of hydrogen-bond acceptors (Lipinski definition) is 3. The molecule has 4 nitrogen and oxygen atoms in total. The fraction of sp³-hybridized carbons (Fsp3) is 0.588. The molecule has 0 radical (unpaired) electrons. The van der Waals surface area contributed by atoms with E-state index in [2.05, 4.69) is 12.2 Å². The zero-order valence-corrected chi connectivity index (χ0v) is 13.3. The molecule has 0 spiro atoms. The van der Waals surface area contributed by atoms with E-state index >= 15 is 0 Å². The summed E-state index contributed by atoms with van der Waals surface area (Å²) in [5.41, 5.74) is 1.06. The largest absolute Gasteiger partial charge is 0.496 e. The molecule has 1 atom stereocenters. The predicted octanol–water partition coefficient (Wildman–Crippen LogP) is 2.60. The Bertz CT molecular complexity index is 470. The molecule has 21 heavy (non-hydrogen) atoms. The van der Waals surface area contributed by atoms with E-state index in [1.165, 1.54) is 0 Å². The van der Waals surface area contributed by atoms with Crippen LogP contribution in [0, 0.1) is 5.92 Å². The van der Waals surface area contributed by atoms with Crippen LogP contribution in [-0.2, 0) is 4.79 Å². The summed E-state index contributed by atoms with van der Waals surface area (Å²) in [5.74, 6) is 1.58. The van der Waals surface area contributed by atoms with Crippen molar-refractivity contribution in [1.82, 2.24) is 10.2 Å². The molecule has 1 fully saturated rings. The number of hydrogen-bond donors (Lipinski definition) is 1. The summed E-state index contributed by atoms with van der Waals surface area (Å²) >= 11 is 0. The molecule has 0 aromatic heterocycles. The predicted molar refractivity (Wildman–Crippen MR) is 84.4 cm³/mol. The molecule has 1 aromatic rings. The summed E-state index contributed by atoms with van der Waals surface area (Å²) in [6.45, 7) is 4.12. The zero-order chi connectivity index (χ0) is 15.2. The summed E-state index contributed by atoms with van der Waals surface area (Å²) < 4.78 is 5.40. The first kappa shape index (κ1) is 15.8. The Balaban J connectivity index is 2.00. The number of ether oxygens (including phenoxy) is 1. The summed E-state index contributed by atoms with van der Waals surface area (Å²) in [6, 6.07) is 7.93. The average molecular weight is 290 g/mol. The van der Waals surface area contributed by atoms with E-state index in [4.69, 9.17) is 4.74 Å². The average Bonchev–Trinajstić information content (AvgIpc) is 2.54. The molecular formula is C17H26N2O2. The van der Waals surface area contributed by atoms with Gasteiger partial charge in [-0.25, -0.2) is 0 Å². The van der Waals surface area contributed by atoms with Gasteiger partial charge in [-0.3, -0.25) is 4.79 Å². The minimum Gasteiger partial charge on any atom is -0.496 e. The molecule has 1 N–H and O–H groups in total. The number of rotatable bonds is 5. The van der Waals surface area contributed by atoms with Crippen molar-refractivity contribution in [3.8, 4) is 5.75 Å². The van der Waals surface area contributed by atoms with Gasteiger partial charge in [-0.15, -0.1) is 0 Å². The second-order valence-corrected chi connectivity index (χ2v) is 5.82. The van der Waals surface area contributed by atoms with Gasteiger partial charge in [0.2, 0.25) is 5.91 Å². The Morgan fingerprint density at radius 2 is 2.05 bits per heavy atom. The van der Waals surface area contributed by atoms with E-state index in [0.29, 0.717) is 12.3 Å². The highest BCUT2D eigenvalue weighted by molar-refractivity contribution is 5.76. The van der Waals surface area contributed by atoms with Gasteiger partial charge in [0.05, 0.1) is 13.2 Å². The normalized spacial score (nSPS) is 17.3. The fourth-order valence-corrected chi connectivity index (χ4v) is 2.91. The molecule has 0 bridgehead atoms. The minimum atomic E-state index is 0.0235. The van der Waals surface area contributed by atoms with Crippen LogP contribution in [0.25, 0.3) is 0 Å². The Morgan fingerprint density at radius 1 is 1.38 bits per heavy atom. The molecule has 116 valence electrons. The van der Waals surface area contributed by atoms with Crippen LogP contribution in [-0.4, -0.2) is 38.1 Å². The Labute approximate surface area is 127 Å². The van der Waals surface area contributed by atoms with Gasteiger partial charge in [0.25, 0.3) is 0 Å². The van der Waals surface area contributed by atoms with Crippen molar-refractivity contribution >= 4 is 5.91 Å². The first-order valence-corrected chi connectivity index (χ1v) is 7.72. The SMILES string of the molecule is COc1ccccc1C(C)N(C)C(=O)CC1CCNCC1. The maximum absolute atomic E-state index is 12.5. The highest BCUT2D eigenvalue weighted by Crippen LogP contribution is 2.29. The summed E-state index contributed by atoms with van der Waals surface area (Å²) in [6.07, 6.45) is 2.85. The fourth-order valence-electron chi connectivity index (χ4n) is 2.91. The molecule has 1 heterocycles. The third kappa shape index (κ3) is 3.97. The second-order valence-electron chi connectivity index (χ2n) is 5.82. The molecule has 1 unspecified atom stereocenters. The molecule has 1 aliphatic rings. The molecule has 1 amide bonds. The van der Waals surface area contributed by atoms with E-state index in [1.807, 2.05) is 36.2 Å². The lowest BCUT2D eigenvalue weighted by atomic mass is 9.93. The van der Waals surface area contributed by atoms with Crippen LogP contribution in [0.2, 0.25) is 0 Å². The van der Waals surface area contributed by atoms with Gasteiger partial charge < -0.3 is 15.0 Å². The van der Waals surface area contributed by atoms with Crippen molar-refractivity contribution in [2.75, 3.05) is 27.2 Å². The third-order valence-corrected chi connectivity index (χ3v) is 4.49.